The fourth-order valence-electron chi connectivity index (χ4n) is 0.997. The maximum atomic E-state index is 12.2. The van der Waals surface area contributed by atoms with Crippen LogP contribution in [0.25, 0.3) is 0 Å². The smallest absolute Gasteiger partial charge is 0.453 e. The highest BCUT2D eigenvalue weighted by Crippen LogP contribution is 2.32. The summed E-state index contributed by atoms with van der Waals surface area (Å²) in [5.74, 6) is -0.756. The van der Waals surface area contributed by atoms with Crippen molar-refractivity contribution >= 4 is 27.7 Å². The quantitative estimate of drug-likeness (QED) is 0.905. The number of aryl methyl sites for hydroxylation is 1. The molecule has 9 heteroatoms. The first-order valence-electron chi connectivity index (χ1n) is 4.51. The average molecular weight is 329 g/mol. The molecule has 1 rings (SSSR count). The summed E-state index contributed by atoms with van der Waals surface area (Å²) in [5, 5.41) is 2.07. The van der Waals surface area contributed by atoms with E-state index >= 15 is 0 Å². The monoisotopic (exact) mass is 328 g/mol. The number of nitrogens with zero attached hydrogens (tertiary/aromatic N) is 1. The van der Waals surface area contributed by atoms with Gasteiger partial charge in [0.1, 0.15) is 5.69 Å². The Hall–Kier alpha value is -1.51. The van der Waals surface area contributed by atoms with Crippen molar-refractivity contribution in [1.29, 1.82) is 0 Å². The van der Waals surface area contributed by atoms with Crippen molar-refractivity contribution in [1.82, 2.24) is 4.98 Å². The zero-order valence-electron chi connectivity index (χ0n) is 9.26. The van der Waals surface area contributed by atoms with Crippen molar-refractivity contribution < 1.29 is 27.4 Å². The summed E-state index contributed by atoms with van der Waals surface area (Å²) in [6.07, 6.45) is -5.83. The molecule has 1 amide bonds. The predicted octanol–water partition coefficient (Wildman–Crippen LogP) is 3.23. The Morgan fingerprint density at radius 3 is 2.61 bits per heavy atom. The van der Waals surface area contributed by atoms with Crippen molar-refractivity contribution in [2.24, 2.45) is 0 Å². The van der Waals surface area contributed by atoms with Gasteiger partial charge in [0, 0.05) is 4.47 Å². The van der Waals surface area contributed by atoms with E-state index in [0.29, 0.717) is 4.47 Å². The van der Waals surface area contributed by atoms with Crippen molar-refractivity contribution in [2.45, 2.75) is 13.3 Å². The van der Waals surface area contributed by atoms with Crippen LogP contribution in [0.3, 0.4) is 0 Å². The molecular weight excluding hydrogens is 321 g/mol. The summed E-state index contributed by atoms with van der Waals surface area (Å²) >= 11 is 3.08. The third-order valence-electron chi connectivity index (χ3n) is 1.75. The van der Waals surface area contributed by atoms with Gasteiger partial charge >= 0.3 is 12.5 Å². The van der Waals surface area contributed by atoms with Gasteiger partial charge in [0.05, 0.1) is 12.8 Å². The second kappa shape index (κ2) is 5.42. The minimum atomic E-state index is -4.90. The summed E-state index contributed by atoms with van der Waals surface area (Å²) in [6.45, 7) is 1.48. The number of hydrogen-bond donors (Lipinski definition) is 1. The van der Waals surface area contributed by atoms with Crippen LogP contribution in [0, 0.1) is 6.92 Å². The van der Waals surface area contributed by atoms with Crippen molar-refractivity contribution in [3.63, 3.8) is 0 Å². The molecule has 18 heavy (non-hydrogen) atoms. The molecule has 100 valence electrons. The number of alkyl halides is 3. The highest BCUT2D eigenvalue weighted by molar-refractivity contribution is 9.10. The van der Waals surface area contributed by atoms with Crippen molar-refractivity contribution in [3.05, 3.63) is 16.2 Å². The predicted molar refractivity (Wildman–Crippen MR) is 59.4 cm³/mol. The normalized spacial score (nSPS) is 11.0. The molecule has 0 bridgehead atoms. The lowest BCUT2D eigenvalue weighted by Gasteiger charge is -2.13. The summed E-state index contributed by atoms with van der Waals surface area (Å²) in [7, 11) is 1.08. The molecule has 0 spiro atoms. The Morgan fingerprint density at radius 1 is 1.50 bits per heavy atom. The molecule has 1 aromatic heterocycles. The maximum absolute atomic E-state index is 12.2. The Kier molecular flexibility index (Phi) is 4.38. The number of carbonyl (C=O) groups excluding carboxylic acids is 1. The third kappa shape index (κ3) is 4.06. The van der Waals surface area contributed by atoms with Gasteiger partial charge in [-0.15, -0.1) is 13.2 Å². The van der Waals surface area contributed by atoms with E-state index < -0.39 is 18.3 Å². The number of amides is 1. The molecule has 1 N–H and O–H groups in total. The van der Waals surface area contributed by atoms with E-state index in [0.717, 1.165) is 7.11 Å². The van der Waals surface area contributed by atoms with Gasteiger partial charge in [-0.3, -0.25) is 5.32 Å². The molecular formula is C9H8BrF3N2O3. The lowest BCUT2D eigenvalue weighted by atomic mass is 10.3. The summed E-state index contributed by atoms with van der Waals surface area (Å²) in [6, 6.07) is 1.24. The van der Waals surface area contributed by atoms with E-state index in [1.165, 1.54) is 13.0 Å². The van der Waals surface area contributed by atoms with E-state index in [2.05, 4.69) is 35.7 Å². The van der Waals surface area contributed by atoms with E-state index in [1.807, 2.05) is 0 Å². The molecule has 0 aliphatic carbocycles. The topological polar surface area (TPSA) is 60.5 Å². The number of aromatic nitrogens is 1. The van der Waals surface area contributed by atoms with Gasteiger partial charge in [-0.1, -0.05) is 0 Å². The highest BCUT2D eigenvalue weighted by Gasteiger charge is 2.33. The largest absolute Gasteiger partial charge is 0.574 e. The fourth-order valence-corrected chi connectivity index (χ4v) is 1.31. The summed E-state index contributed by atoms with van der Waals surface area (Å²) < 4.78 is 44.9. The third-order valence-corrected chi connectivity index (χ3v) is 2.55. The van der Waals surface area contributed by atoms with Crippen LogP contribution >= 0.6 is 15.9 Å². The summed E-state index contributed by atoms with van der Waals surface area (Å²) in [5.41, 5.74) is 0.0290. The second-order valence-corrected chi connectivity index (χ2v) is 3.93. The van der Waals surface area contributed by atoms with Crippen LogP contribution in [0.4, 0.5) is 23.7 Å². The SMILES string of the molecule is COC(=O)Nc1cc(Br)c(C)nc1OC(F)(F)F. The molecule has 0 atom stereocenters. The molecule has 0 saturated carbocycles. The van der Waals surface area contributed by atoms with Gasteiger partial charge in [-0.25, -0.2) is 9.78 Å². The Morgan fingerprint density at radius 2 is 2.11 bits per heavy atom. The van der Waals surface area contributed by atoms with E-state index in [4.69, 9.17) is 0 Å². The standard InChI is InChI=1S/C9H8BrF3N2O3/c1-4-5(10)3-6(15-8(16)17-2)7(14-4)18-9(11,12)13/h3H,1-2H3,(H,15,16). The van der Waals surface area contributed by atoms with Crippen molar-refractivity contribution in [2.75, 3.05) is 12.4 Å². The molecule has 0 saturated heterocycles. The average Bonchev–Trinajstić information content (AvgIpc) is 2.23. The van der Waals surface area contributed by atoms with Crippen LogP contribution in [0.1, 0.15) is 5.69 Å². The zero-order chi connectivity index (χ0) is 13.9. The van der Waals surface area contributed by atoms with Crippen molar-refractivity contribution in [3.8, 4) is 5.88 Å². The lowest BCUT2D eigenvalue weighted by molar-refractivity contribution is -0.275. The van der Waals surface area contributed by atoms with E-state index in [1.54, 1.807) is 0 Å². The number of ether oxygens (including phenoxy) is 2. The molecule has 1 heterocycles. The molecule has 0 aromatic carbocycles. The minimum Gasteiger partial charge on any atom is -0.453 e. The number of rotatable bonds is 2. The van der Waals surface area contributed by atoms with Crippen LogP contribution in [0.2, 0.25) is 0 Å². The van der Waals surface area contributed by atoms with Crippen LogP contribution in [-0.2, 0) is 4.74 Å². The first-order chi connectivity index (χ1) is 8.23. The first kappa shape index (κ1) is 14.6. The van der Waals surface area contributed by atoms with E-state index in [-0.39, 0.29) is 11.4 Å². The number of anilines is 1. The Balaban J connectivity index is 3.12. The number of methoxy groups -OCH3 is 1. The number of halogens is 4. The van der Waals surface area contributed by atoms with Gasteiger partial charge in [0.15, 0.2) is 0 Å². The zero-order valence-corrected chi connectivity index (χ0v) is 10.8. The number of nitrogens with one attached hydrogen (secondary N) is 1. The molecule has 0 radical (unpaired) electrons. The van der Waals surface area contributed by atoms with Gasteiger partial charge in [0.2, 0.25) is 5.88 Å². The van der Waals surface area contributed by atoms with Crippen LogP contribution < -0.4 is 10.1 Å². The van der Waals surface area contributed by atoms with Gasteiger partial charge in [0.25, 0.3) is 0 Å². The Bertz CT molecular complexity index is 465. The molecule has 0 aliphatic rings. The molecule has 0 fully saturated rings. The number of pyridine rings is 1. The lowest BCUT2D eigenvalue weighted by Crippen LogP contribution is -2.20. The Labute approximate surface area is 108 Å². The second-order valence-electron chi connectivity index (χ2n) is 3.07. The highest BCUT2D eigenvalue weighted by atomic mass is 79.9. The van der Waals surface area contributed by atoms with Crippen LogP contribution in [0.15, 0.2) is 10.5 Å². The minimum absolute atomic E-state index is 0.253. The van der Waals surface area contributed by atoms with Gasteiger partial charge in [-0.2, -0.15) is 0 Å². The molecule has 0 aliphatic heterocycles. The summed E-state index contributed by atoms with van der Waals surface area (Å²) in [4.78, 5) is 14.6. The van der Waals surface area contributed by atoms with Crippen LogP contribution in [-0.4, -0.2) is 24.5 Å². The molecule has 1 aromatic rings. The van der Waals surface area contributed by atoms with E-state index in [9.17, 15) is 18.0 Å². The number of hydrogen-bond acceptors (Lipinski definition) is 4. The van der Waals surface area contributed by atoms with Gasteiger partial charge < -0.3 is 9.47 Å². The fraction of sp³-hybridized carbons (Fsp3) is 0.333. The number of carbonyl (C=O) groups is 1. The van der Waals surface area contributed by atoms with Gasteiger partial charge in [-0.05, 0) is 28.9 Å². The first-order valence-corrected chi connectivity index (χ1v) is 5.30. The molecule has 0 unspecified atom stereocenters. The maximum Gasteiger partial charge on any atom is 0.574 e. The molecule has 5 nitrogen and oxygen atoms in total. The van der Waals surface area contributed by atoms with Crippen LogP contribution in [0.5, 0.6) is 5.88 Å².